The molecule has 0 spiro atoms. The van der Waals surface area contributed by atoms with E-state index in [4.69, 9.17) is 9.63 Å². The number of aromatic carboxylic acids is 1. The SMILES string of the molecule is Cc1noc(C)c1C[C@H](C)C(=O)NCc1nc(C(=O)O)cs1. The number of carboxylic acid groups (broad SMARTS) is 1. The van der Waals surface area contributed by atoms with Crippen LogP contribution in [0.1, 0.15) is 39.4 Å². The largest absolute Gasteiger partial charge is 0.476 e. The first-order chi connectivity index (χ1) is 10.4. The van der Waals surface area contributed by atoms with Crippen LogP contribution >= 0.6 is 11.3 Å². The van der Waals surface area contributed by atoms with Crippen LogP contribution in [0.15, 0.2) is 9.90 Å². The Morgan fingerprint density at radius 2 is 2.18 bits per heavy atom. The molecule has 0 aromatic carbocycles. The van der Waals surface area contributed by atoms with Gasteiger partial charge in [-0.25, -0.2) is 9.78 Å². The number of rotatable bonds is 6. The molecule has 0 fully saturated rings. The van der Waals surface area contributed by atoms with Gasteiger partial charge in [-0.2, -0.15) is 0 Å². The predicted molar refractivity (Wildman–Crippen MR) is 79.8 cm³/mol. The number of hydrogen-bond donors (Lipinski definition) is 2. The molecule has 2 aromatic heterocycles. The highest BCUT2D eigenvalue weighted by Crippen LogP contribution is 2.17. The van der Waals surface area contributed by atoms with Gasteiger partial charge in [0.05, 0.1) is 12.2 Å². The number of nitrogens with zero attached hydrogens (tertiary/aromatic N) is 2. The first kappa shape index (κ1) is 16.2. The van der Waals surface area contributed by atoms with Gasteiger partial charge >= 0.3 is 5.97 Å². The van der Waals surface area contributed by atoms with Crippen LogP contribution in [0.2, 0.25) is 0 Å². The molecule has 0 saturated heterocycles. The summed E-state index contributed by atoms with van der Waals surface area (Å²) >= 11 is 1.21. The van der Waals surface area contributed by atoms with E-state index in [1.54, 1.807) is 0 Å². The van der Waals surface area contributed by atoms with E-state index in [1.165, 1.54) is 16.7 Å². The molecule has 0 bridgehead atoms. The fraction of sp³-hybridized carbons (Fsp3) is 0.429. The minimum atomic E-state index is -1.07. The minimum absolute atomic E-state index is 0.00183. The van der Waals surface area contributed by atoms with Crippen molar-refractivity contribution in [2.75, 3.05) is 0 Å². The van der Waals surface area contributed by atoms with Gasteiger partial charge in [0.1, 0.15) is 10.8 Å². The Morgan fingerprint density at radius 3 is 2.73 bits per heavy atom. The molecule has 0 unspecified atom stereocenters. The maximum atomic E-state index is 12.1. The summed E-state index contributed by atoms with van der Waals surface area (Å²) in [6.45, 7) is 5.72. The average Bonchev–Trinajstić information content (AvgIpc) is 3.06. The van der Waals surface area contributed by atoms with Gasteiger partial charge in [-0.1, -0.05) is 12.1 Å². The van der Waals surface area contributed by atoms with Crippen molar-refractivity contribution in [2.24, 2.45) is 5.92 Å². The molecule has 0 radical (unpaired) electrons. The Morgan fingerprint density at radius 1 is 1.45 bits per heavy atom. The summed E-state index contributed by atoms with van der Waals surface area (Å²) < 4.78 is 5.08. The van der Waals surface area contributed by atoms with Crippen LogP contribution in [-0.2, 0) is 17.8 Å². The van der Waals surface area contributed by atoms with Crippen molar-refractivity contribution in [3.8, 4) is 0 Å². The molecule has 2 rings (SSSR count). The number of hydrogen-bond acceptors (Lipinski definition) is 6. The third-order valence-corrected chi connectivity index (χ3v) is 4.17. The highest BCUT2D eigenvalue weighted by Gasteiger charge is 2.19. The molecule has 0 aliphatic rings. The minimum Gasteiger partial charge on any atom is -0.476 e. The van der Waals surface area contributed by atoms with Crippen molar-refractivity contribution in [1.82, 2.24) is 15.5 Å². The molecule has 2 heterocycles. The van der Waals surface area contributed by atoms with E-state index in [0.717, 1.165) is 17.0 Å². The predicted octanol–water partition coefficient (Wildman–Crippen LogP) is 1.94. The summed E-state index contributed by atoms with van der Waals surface area (Å²) in [4.78, 5) is 26.8. The molecule has 7 nitrogen and oxygen atoms in total. The fourth-order valence-electron chi connectivity index (χ4n) is 2.02. The van der Waals surface area contributed by atoms with Crippen LogP contribution in [-0.4, -0.2) is 27.1 Å². The molecule has 0 aliphatic carbocycles. The fourth-order valence-corrected chi connectivity index (χ4v) is 2.73. The maximum Gasteiger partial charge on any atom is 0.355 e. The lowest BCUT2D eigenvalue weighted by Gasteiger charge is -2.11. The van der Waals surface area contributed by atoms with E-state index in [1.807, 2.05) is 20.8 Å². The van der Waals surface area contributed by atoms with Crippen molar-refractivity contribution in [3.05, 3.63) is 33.1 Å². The van der Waals surface area contributed by atoms with E-state index in [-0.39, 0.29) is 24.1 Å². The third-order valence-electron chi connectivity index (χ3n) is 3.32. The van der Waals surface area contributed by atoms with Gasteiger partial charge in [-0.15, -0.1) is 11.3 Å². The van der Waals surface area contributed by atoms with E-state index < -0.39 is 5.97 Å². The lowest BCUT2D eigenvalue weighted by molar-refractivity contribution is -0.124. The number of carbonyl (C=O) groups is 2. The molecule has 0 saturated carbocycles. The van der Waals surface area contributed by atoms with Crippen molar-refractivity contribution >= 4 is 23.2 Å². The van der Waals surface area contributed by atoms with Crippen molar-refractivity contribution in [3.63, 3.8) is 0 Å². The Kier molecular flexibility index (Phi) is 4.92. The van der Waals surface area contributed by atoms with Crippen LogP contribution in [0.4, 0.5) is 0 Å². The molecular weight excluding hydrogens is 306 g/mol. The molecule has 2 N–H and O–H groups in total. The number of amides is 1. The molecule has 2 aromatic rings. The van der Waals surface area contributed by atoms with Gasteiger partial charge in [-0.3, -0.25) is 4.79 Å². The molecule has 0 aliphatic heterocycles. The summed E-state index contributed by atoms with van der Waals surface area (Å²) in [6.07, 6.45) is 0.547. The van der Waals surface area contributed by atoms with Gasteiger partial charge in [0.25, 0.3) is 0 Å². The second-order valence-electron chi connectivity index (χ2n) is 5.06. The number of carbonyl (C=O) groups excluding carboxylic acids is 1. The molecular formula is C14H17N3O4S. The highest BCUT2D eigenvalue weighted by atomic mass is 32.1. The summed E-state index contributed by atoms with van der Waals surface area (Å²) in [7, 11) is 0. The normalized spacial score (nSPS) is 12.1. The van der Waals surface area contributed by atoms with Crippen molar-refractivity contribution in [1.29, 1.82) is 0 Å². The molecule has 1 amide bonds. The van der Waals surface area contributed by atoms with E-state index in [2.05, 4.69) is 15.5 Å². The van der Waals surface area contributed by atoms with E-state index in [9.17, 15) is 9.59 Å². The van der Waals surface area contributed by atoms with Crippen LogP contribution in [0.25, 0.3) is 0 Å². The molecule has 1 atom stereocenters. The lowest BCUT2D eigenvalue weighted by Crippen LogP contribution is -2.30. The smallest absolute Gasteiger partial charge is 0.355 e. The number of nitrogens with one attached hydrogen (secondary N) is 1. The van der Waals surface area contributed by atoms with Crippen LogP contribution < -0.4 is 5.32 Å². The number of carboxylic acids is 1. The zero-order chi connectivity index (χ0) is 16.3. The Balaban J connectivity index is 1.90. The van der Waals surface area contributed by atoms with E-state index in [0.29, 0.717) is 11.4 Å². The van der Waals surface area contributed by atoms with Crippen molar-refractivity contribution in [2.45, 2.75) is 33.7 Å². The Bertz CT molecular complexity index is 673. The monoisotopic (exact) mass is 323 g/mol. The topological polar surface area (TPSA) is 105 Å². The van der Waals surface area contributed by atoms with Crippen LogP contribution in [0.3, 0.4) is 0 Å². The van der Waals surface area contributed by atoms with Gasteiger partial charge in [-0.05, 0) is 20.3 Å². The average molecular weight is 323 g/mol. The number of aromatic nitrogens is 2. The number of thiazole rings is 1. The maximum absolute atomic E-state index is 12.1. The molecule has 22 heavy (non-hydrogen) atoms. The lowest BCUT2D eigenvalue weighted by atomic mass is 9.99. The molecule has 8 heteroatoms. The Hall–Kier alpha value is -2.22. The summed E-state index contributed by atoms with van der Waals surface area (Å²) in [5, 5.41) is 17.5. The summed E-state index contributed by atoms with van der Waals surface area (Å²) in [5.41, 5.74) is 1.74. The van der Waals surface area contributed by atoms with Gasteiger partial charge < -0.3 is 14.9 Å². The van der Waals surface area contributed by atoms with Crippen molar-refractivity contribution < 1.29 is 19.2 Å². The quantitative estimate of drug-likeness (QED) is 0.841. The second kappa shape index (κ2) is 6.69. The summed E-state index contributed by atoms with van der Waals surface area (Å²) in [5.74, 6) is -0.702. The third kappa shape index (κ3) is 3.70. The van der Waals surface area contributed by atoms with Gasteiger partial charge in [0.15, 0.2) is 5.69 Å². The first-order valence-electron chi connectivity index (χ1n) is 6.75. The second-order valence-corrected chi connectivity index (χ2v) is 6.00. The number of aryl methyl sites for hydroxylation is 2. The highest BCUT2D eigenvalue weighted by molar-refractivity contribution is 7.09. The van der Waals surface area contributed by atoms with Gasteiger partial charge in [0.2, 0.25) is 5.91 Å². The van der Waals surface area contributed by atoms with Gasteiger partial charge in [0, 0.05) is 16.9 Å². The zero-order valence-corrected chi connectivity index (χ0v) is 13.4. The van der Waals surface area contributed by atoms with E-state index >= 15 is 0 Å². The van der Waals surface area contributed by atoms with Crippen LogP contribution in [0, 0.1) is 19.8 Å². The standard InChI is InChI=1S/C14H17N3O4S/c1-7(4-10-8(2)17-21-9(10)3)13(18)15-5-12-16-11(6-22-12)14(19)20/h6-7H,4-5H2,1-3H3,(H,15,18)(H,19,20)/t7-/m0/s1. The molecule has 118 valence electrons. The summed E-state index contributed by atoms with van der Waals surface area (Å²) in [6, 6.07) is 0. The first-order valence-corrected chi connectivity index (χ1v) is 7.63. The Labute approximate surface area is 131 Å². The van der Waals surface area contributed by atoms with Crippen LogP contribution in [0.5, 0.6) is 0 Å². The zero-order valence-electron chi connectivity index (χ0n) is 12.5.